The first-order chi connectivity index (χ1) is 7.33. The largest absolute Gasteiger partial charge is 0.496 e. The summed E-state index contributed by atoms with van der Waals surface area (Å²) in [6.45, 7) is 1.58. The van der Waals surface area contributed by atoms with Crippen LogP contribution in [0.4, 0.5) is 0 Å². The van der Waals surface area contributed by atoms with Crippen LogP contribution in [0, 0.1) is 0 Å². The SMILES string of the molecule is CNCCc1c(COC)cccc1OC. The van der Waals surface area contributed by atoms with Crippen LogP contribution in [0.3, 0.4) is 0 Å². The van der Waals surface area contributed by atoms with Crippen molar-refractivity contribution in [3.05, 3.63) is 29.3 Å². The van der Waals surface area contributed by atoms with Gasteiger partial charge in [-0.2, -0.15) is 0 Å². The van der Waals surface area contributed by atoms with Crippen LogP contribution < -0.4 is 10.1 Å². The molecular weight excluding hydrogens is 190 g/mol. The molecule has 0 aromatic heterocycles. The van der Waals surface area contributed by atoms with Gasteiger partial charge in [0.25, 0.3) is 0 Å². The fourth-order valence-electron chi connectivity index (χ4n) is 1.63. The topological polar surface area (TPSA) is 30.5 Å². The van der Waals surface area contributed by atoms with Gasteiger partial charge in [0, 0.05) is 12.7 Å². The second-order valence-corrected chi connectivity index (χ2v) is 3.38. The molecule has 0 spiro atoms. The summed E-state index contributed by atoms with van der Waals surface area (Å²) in [6, 6.07) is 6.07. The van der Waals surface area contributed by atoms with Crippen molar-refractivity contribution in [2.45, 2.75) is 13.0 Å². The van der Waals surface area contributed by atoms with Crippen molar-refractivity contribution < 1.29 is 9.47 Å². The normalized spacial score (nSPS) is 10.3. The minimum Gasteiger partial charge on any atom is -0.496 e. The molecule has 0 amide bonds. The number of methoxy groups -OCH3 is 2. The minimum absolute atomic E-state index is 0.635. The van der Waals surface area contributed by atoms with Crippen LogP contribution in [-0.4, -0.2) is 27.8 Å². The number of benzene rings is 1. The van der Waals surface area contributed by atoms with Crippen LogP contribution in [0.1, 0.15) is 11.1 Å². The third kappa shape index (κ3) is 3.22. The van der Waals surface area contributed by atoms with Crippen LogP contribution in [0.2, 0.25) is 0 Å². The predicted octanol–water partition coefficient (Wildman–Crippen LogP) is 1.60. The molecular formula is C12H19NO2. The second kappa shape index (κ2) is 6.43. The van der Waals surface area contributed by atoms with Crippen LogP contribution in [0.15, 0.2) is 18.2 Å². The Balaban J connectivity index is 2.92. The summed E-state index contributed by atoms with van der Waals surface area (Å²) < 4.78 is 10.5. The molecule has 1 rings (SSSR count). The van der Waals surface area contributed by atoms with Crippen molar-refractivity contribution in [2.24, 2.45) is 0 Å². The molecule has 0 aliphatic heterocycles. The molecule has 0 fully saturated rings. The Labute approximate surface area is 91.4 Å². The average Bonchev–Trinajstić information content (AvgIpc) is 2.27. The number of hydrogen-bond acceptors (Lipinski definition) is 3. The molecule has 1 aromatic rings. The van der Waals surface area contributed by atoms with Crippen molar-refractivity contribution >= 4 is 0 Å². The quantitative estimate of drug-likeness (QED) is 0.772. The molecule has 0 aliphatic carbocycles. The van der Waals surface area contributed by atoms with Gasteiger partial charge >= 0.3 is 0 Å². The monoisotopic (exact) mass is 209 g/mol. The average molecular weight is 209 g/mol. The standard InChI is InChI=1S/C12H19NO2/c1-13-8-7-11-10(9-14-2)5-4-6-12(11)15-3/h4-6,13H,7-9H2,1-3H3. The first kappa shape index (κ1) is 12.0. The Morgan fingerprint density at radius 2 is 2.07 bits per heavy atom. The zero-order valence-corrected chi connectivity index (χ0v) is 9.67. The summed E-state index contributed by atoms with van der Waals surface area (Å²) in [5, 5.41) is 3.14. The lowest BCUT2D eigenvalue weighted by molar-refractivity contribution is 0.183. The lowest BCUT2D eigenvalue weighted by Crippen LogP contribution is -2.12. The van der Waals surface area contributed by atoms with E-state index in [1.54, 1.807) is 14.2 Å². The Bertz CT molecular complexity index is 300. The van der Waals surface area contributed by atoms with E-state index in [4.69, 9.17) is 9.47 Å². The molecule has 84 valence electrons. The maximum absolute atomic E-state index is 5.35. The van der Waals surface area contributed by atoms with E-state index in [9.17, 15) is 0 Å². The fraction of sp³-hybridized carbons (Fsp3) is 0.500. The summed E-state index contributed by atoms with van der Waals surface area (Å²) in [4.78, 5) is 0. The molecule has 3 nitrogen and oxygen atoms in total. The third-order valence-electron chi connectivity index (χ3n) is 2.37. The number of rotatable bonds is 6. The van der Waals surface area contributed by atoms with Crippen LogP contribution in [-0.2, 0) is 17.8 Å². The molecule has 0 saturated heterocycles. The zero-order valence-electron chi connectivity index (χ0n) is 9.67. The van der Waals surface area contributed by atoms with Crippen molar-refractivity contribution in [3.8, 4) is 5.75 Å². The lowest BCUT2D eigenvalue weighted by Gasteiger charge is -2.13. The van der Waals surface area contributed by atoms with E-state index in [1.165, 1.54) is 11.1 Å². The molecule has 1 N–H and O–H groups in total. The molecule has 0 unspecified atom stereocenters. The smallest absolute Gasteiger partial charge is 0.122 e. The Hall–Kier alpha value is -1.06. The van der Waals surface area contributed by atoms with E-state index in [2.05, 4.69) is 11.4 Å². The first-order valence-electron chi connectivity index (χ1n) is 5.11. The Morgan fingerprint density at radius 1 is 1.27 bits per heavy atom. The summed E-state index contributed by atoms with van der Waals surface area (Å²) in [5.74, 6) is 0.944. The van der Waals surface area contributed by atoms with Gasteiger partial charge in [0.1, 0.15) is 5.75 Å². The second-order valence-electron chi connectivity index (χ2n) is 3.38. The maximum atomic E-state index is 5.35. The van der Waals surface area contributed by atoms with E-state index >= 15 is 0 Å². The zero-order chi connectivity index (χ0) is 11.1. The molecule has 1 aromatic carbocycles. The number of nitrogens with one attached hydrogen (secondary N) is 1. The van der Waals surface area contributed by atoms with Crippen LogP contribution in [0.25, 0.3) is 0 Å². The molecule has 0 saturated carbocycles. The highest BCUT2D eigenvalue weighted by molar-refractivity contribution is 5.40. The van der Waals surface area contributed by atoms with Gasteiger partial charge in [0.2, 0.25) is 0 Å². The van der Waals surface area contributed by atoms with Gasteiger partial charge in [-0.1, -0.05) is 12.1 Å². The molecule has 0 bridgehead atoms. The highest BCUT2D eigenvalue weighted by atomic mass is 16.5. The molecule has 15 heavy (non-hydrogen) atoms. The van der Waals surface area contributed by atoms with Gasteiger partial charge in [-0.3, -0.25) is 0 Å². The third-order valence-corrected chi connectivity index (χ3v) is 2.37. The van der Waals surface area contributed by atoms with E-state index in [-0.39, 0.29) is 0 Å². The highest BCUT2D eigenvalue weighted by Gasteiger charge is 2.07. The molecule has 0 aliphatic rings. The Morgan fingerprint density at radius 3 is 2.67 bits per heavy atom. The van der Waals surface area contributed by atoms with Crippen LogP contribution >= 0.6 is 0 Å². The summed E-state index contributed by atoms with van der Waals surface area (Å²) in [6.07, 6.45) is 0.958. The number of likely N-dealkylation sites (N-methyl/N-ethyl adjacent to an activating group) is 1. The van der Waals surface area contributed by atoms with E-state index < -0.39 is 0 Å². The summed E-state index contributed by atoms with van der Waals surface area (Å²) in [5.41, 5.74) is 2.43. The lowest BCUT2D eigenvalue weighted by atomic mass is 10.0. The maximum Gasteiger partial charge on any atom is 0.122 e. The predicted molar refractivity (Wildman–Crippen MR) is 61.3 cm³/mol. The van der Waals surface area contributed by atoms with Crippen molar-refractivity contribution in [1.82, 2.24) is 5.32 Å². The van der Waals surface area contributed by atoms with Gasteiger partial charge in [-0.05, 0) is 31.6 Å². The van der Waals surface area contributed by atoms with Crippen molar-refractivity contribution in [2.75, 3.05) is 27.8 Å². The van der Waals surface area contributed by atoms with Crippen molar-refractivity contribution in [3.63, 3.8) is 0 Å². The van der Waals surface area contributed by atoms with E-state index in [1.807, 2.05) is 19.2 Å². The molecule has 0 heterocycles. The van der Waals surface area contributed by atoms with Gasteiger partial charge in [0.05, 0.1) is 13.7 Å². The van der Waals surface area contributed by atoms with E-state index in [0.29, 0.717) is 6.61 Å². The number of hydrogen-bond donors (Lipinski definition) is 1. The summed E-state index contributed by atoms with van der Waals surface area (Å²) in [7, 11) is 5.36. The van der Waals surface area contributed by atoms with E-state index in [0.717, 1.165) is 18.7 Å². The van der Waals surface area contributed by atoms with Gasteiger partial charge in [-0.25, -0.2) is 0 Å². The minimum atomic E-state index is 0.635. The van der Waals surface area contributed by atoms with Gasteiger partial charge in [0.15, 0.2) is 0 Å². The molecule has 0 atom stereocenters. The molecule has 0 radical (unpaired) electrons. The highest BCUT2D eigenvalue weighted by Crippen LogP contribution is 2.23. The molecule has 3 heteroatoms. The number of ether oxygens (including phenoxy) is 2. The first-order valence-corrected chi connectivity index (χ1v) is 5.11. The summed E-state index contributed by atoms with van der Waals surface area (Å²) >= 11 is 0. The van der Waals surface area contributed by atoms with Crippen LogP contribution in [0.5, 0.6) is 5.75 Å². The van der Waals surface area contributed by atoms with Crippen molar-refractivity contribution in [1.29, 1.82) is 0 Å². The van der Waals surface area contributed by atoms with Gasteiger partial charge in [-0.15, -0.1) is 0 Å². The fourth-order valence-corrected chi connectivity index (χ4v) is 1.63. The van der Waals surface area contributed by atoms with Gasteiger partial charge < -0.3 is 14.8 Å². The Kier molecular flexibility index (Phi) is 5.15.